The van der Waals surface area contributed by atoms with E-state index in [4.69, 9.17) is 9.47 Å². The number of aromatic nitrogens is 2. The second-order valence-corrected chi connectivity index (χ2v) is 12.1. The van der Waals surface area contributed by atoms with Gasteiger partial charge in [-0.15, -0.1) is 0 Å². The van der Waals surface area contributed by atoms with Gasteiger partial charge in [0, 0.05) is 73.2 Å². The number of ether oxygens (including phenoxy) is 4. The first kappa shape index (κ1) is 40.9. The Morgan fingerprint density at radius 3 is 1.87 bits per heavy atom. The molecule has 1 atom stereocenters. The lowest BCUT2D eigenvalue weighted by atomic mass is 9.84. The van der Waals surface area contributed by atoms with E-state index in [0.717, 1.165) is 28.0 Å². The van der Waals surface area contributed by atoms with Gasteiger partial charge in [-0.25, -0.2) is 0 Å². The molecule has 16 heteroatoms. The van der Waals surface area contributed by atoms with Crippen molar-refractivity contribution >= 4 is 23.1 Å². The number of methoxy groups -OCH3 is 2. The average molecular weight is 745 g/mol. The molecule has 2 aromatic heterocycles. The minimum absolute atomic E-state index is 0.0770. The number of rotatable bonds is 19. The van der Waals surface area contributed by atoms with E-state index in [0.29, 0.717) is 34.7 Å². The van der Waals surface area contributed by atoms with Gasteiger partial charge in [0.05, 0.1) is 27.4 Å². The highest BCUT2D eigenvalue weighted by atomic mass is 19.3. The number of pyridine rings is 2. The molecule has 4 rings (SSSR count). The second-order valence-electron chi connectivity index (χ2n) is 12.1. The maximum Gasteiger partial charge on any atom is 0.345 e. The molecule has 0 bridgehead atoms. The SMILES string of the molecule is COc1cc(C(=O)NC2=C(C)C(c3cccc(NC(=O)c4cc(OC)c(CNCCOC(F)F)cn4)c3C)=CC(C)C2)ncc1CNCCOC(F)F. The summed E-state index contributed by atoms with van der Waals surface area (Å²) in [5, 5.41) is 11.9. The van der Waals surface area contributed by atoms with Gasteiger partial charge in [0.25, 0.3) is 11.8 Å². The molecule has 286 valence electrons. The first-order chi connectivity index (χ1) is 25.4. The molecule has 1 aliphatic carbocycles. The molecule has 4 N–H and O–H groups in total. The van der Waals surface area contributed by atoms with E-state index in [9.17, 15) is 27.2 Å². The molecule has 0 fully saturated rings. The average Bonchev–Trinajstić information content (AvgIpc) is 3.13. The van der Waals surface area contributed by atoms with Gasteiger partial charge < -0.3 is 40.2 Å². The largest absolute Gasteiger partial charge is 0.496 e. The van der Waals surface area contributed by atoms with Gasteiger partial charge in [-0.2, -0.15) is 17.6 Å². The third-order valence-electron chi connectivity index (χ3n) is 8.44. The van der Waals surface area contributed by atoms with Gasteiger partial charge >= 0.3 is 13.2 Å². The lowest BCUT2D eigenvalue weighted by Crippen LogP contribution is -2.27. The van der Waals surface area contributed by atoms with Crippen molar-refractivity contribution < 1.29 is 46.1 Å². The van der Waals surface area contributed by atoms with E-state index in [2.05, 4.69) is 46.8 Å². The first-order valence-corrected chi connectivity index (χ1v) is 16.8. The van der Waals surface area contributed by atoms with Crippen LogP contribution in [0.1, 0.15) is 63.5 Å². The van der Waals surface area contributed by atoms with E-state index in [1.807, 2.05) is 32.9 Å². The van der Waals surface area contributed by atoms with Crippen molar-refractivity contribution in [3.8, 4) is 11.5 Å². The monoisotopic (exact) mass is 744 g/mol. The van der Waals surface area contributed by atoms with E-state index in [1.54, 1.807) is 6.07 Å². The smallest absolute Gasteiger partial charge is 0.345 e. The van der Waals surface area contributed by atoms with Crippen LogP contribution in [0.15, 0.2) is 60.1 Å². The highest BCUT2D eigenvalue weighted by Gasteiger charge is 2.23. The maximum atomic E-state index is 13.4. The molecule has 3 aromatic rings. The van der Waals surface area contributed by atoms with Crippen LogP contribution in [-0.4, -0.2) is 75.5 Å². The third kappa shape index (κ3) is 11.5. The van der Waals surface area contributed by atoms with Crippen LogP contribution >= 0.6 is 0 Å². The Labute approximate surface area is 305 Å². The molecule has 0 spiro atoms. The van der Waals surface area contributed by atoms with Crippen LogP contribution in [0.2, 0.25) is 0 Å². The van der Waals surface area contributed by atoms with Crippen molar-refractivity contribution in [2.45, 2.75) is 53.5 Å². The number of nitrogens with one attached hydrogen (secondary N) is 4. The summed E-state index contributed by atoms with van der Waals surface area (Å²) >= 11 is 0. The Morgan fingerprint density at radius 1 is 0.830 bits per heavy atom. The zero-order chi connectivity index (χ0) is 38.5. The predicted molar refractivity (Wildman–Crippen MR) is 190 cm³/mol. The predicted octanol–water partition coefficient (Wildman–Crippen LogP) is 5.84. The van der Waals surface area contributed by atoms with Gasteiger partial charge in [-0.05, 0) is 54.5 Å². The van der Waals surface area contributed by atoms with Gasteiger partial charge in [0.2, 0.25) is 0 Å². The number of anilines is 1. The van der Waals surface area contributed by atoms with Gasteiger partial charge in [0.1, 0.15) is 22.9 Å². The lowest BCUT2D eigenvalue weighted by molar-refractivity contribution is -0.127. The summed E-state index contributed by atoms with van der Waals surface area (Å²) in [6.07, 6.45) is 5.71. The topological polar surface area (TPSA) is 145 Å². The van der Waals surface area contributed by atoms with E-state index in [-0.39, 0.29) is 56.7 Å². The number of carbonyl (C=O) groups is 2. The quantitative estimate of drug-likeness (QED) is 0.0873. The lowest BCUT2D eigenvalue weighted by Gasteiger charge is -2.26. The minimum atomic E-state index is -2.84. The Hall–Kier alpha value is -4.90. The molecular formula is C37H44F4N6O6. The molecule has 2 amide bonds. The van der Waals surface area contributed by atoms with Crippen LogP contribution in [-0.2, 0) is 22.6 Å². The summed E-state index contributed by atoms with van der Waals surface area (Å²) in [4.78, 5) is 35.4. The Morgan fingerprint density at radius 2 is 1.36 bits per heavy atom. The summed E-state index contributed by atoms with van der Waals surface area (Å²) in [6, 6.07) is 8.62. The number of halogens is 4. The highest BCUT2D eigenvalue weighted by Crippen LogP contribution is 2.37. The second kappa shape index (κ2) is 19.8. The fourth-order valence-electron chi connectivity index (χ4n) is 5.70. The molecule has 1 aliphatic rings. The zero-order valence-electron chi connectivity index (χ0n) is 30.2. The van der Waals surface area contributed by atoms with E-state index in [1.165, 1.54) is 38.7 Å². The van der Waals surface area contributed by atoms with Crippen molar-refractivity contribution in [1.82, 2.24) is 25.9 Å². The number of alkyl halides is 4. The normalized spacial score (nSPS) is 14.4. The fourth-order valence-corrected chi connectivity index (χ4v) is 5.70. The van der Waals surface area contributed by atoms with E-state index < -0.39 is 25.0 Å². The van der Waals surface area contributed by atoms with Crippen molar-refractivity contribution in [2.75, 3.05) is 45.8 Å². The van der Waals surface area contributed by atoms with Crippen LogP contribution in [0.25, 0.3) is 5.57 Å². The van der Waals surface area contributed by atoms with Gasteiger partial charge in [-0.3, -0.25) is 19.6 Å². The molecule has 0 saturated carbocycles. The van der Waals surface area contributed by atoms with Crippen LogP contribution in [0, 0.1) is 12.8 Å². The summed E-state index contributed by atoms with van der Waals surface area (Å²) < 4.78 is 68.2. The van der Waals surface area contributed by atoms with Crippen molar-refractivity contribution in [2.24, 2.45) is 5.92 Å². The molecule has 1 unspecified atom stereocenters. The molecule has 0 saturated heterocycles. The molecule has 0 radical (unpaired) electrons. The number of hydrogen-bond donors (Lipinski definition) is 4. The minimum Gasteiger partial charge on any atom is -0.496 e. The van der Waals surface area contributed by atoms with E-state index >= 15 is 0 Å². The number of carbonyl (C=O) groups excluding carboxylic acids is 2. The molecule has 12 nitrogen and oxygen atoms in total. The van der Waals surface area contributed by atoms with Crippen molar-refractivity contribution in [3.63, 3.8) is 0 Å². The summed E-state index contributed by atoms with van der Waals surface area (Å²) in [5.74, 6) is 0.0338. The molecule has 53 heavy (non-hydrogen) atoms. The number of hydrogen-bond acceptors (Lipinski definition) is 10. The number of allylic oxidation sites excluding steroid dienone is 4. The molecule has 1 aromatic carbocycles. The first-order valence-electron chi connectivity index (χ1n) is 16.8. The molecular weight excluding hydrogens is 700 g/mol. The number of nitrogens with zero attached hydrogens (tertiary/aromatic N) is 2. The van der Waals surface area contributed by atoms with Crippen molar-refractivity contribution in [3.05, 3.63) is 93.7 Å². The number of benzene rings is 1. The van der Waals surface area contributed by atoms with Gasteiger partial charge in [-0.1, -0.05) is 25.1 Å². The summed E-state index contributed by atoms with van der Waals surface area (Å²) in [7, 11) is 2.93. The zero-order valence-corrected chi connectivity index (χ0v) is 30.2. The van der Waals surface area contributed by atoms with Crippen LogP contribution < -0.4 is 30.7 Å². The molecule has 0 aliphatic heterocycles. The van der Waals surface area contributed by atoms with Crippen molar-refractivity contribution in [1.29, 1.82) is 0 Å². The maximum absolute atomic E-state index is 13.4. The fraction of sp³-hybridized carbons (Fsp3) is 0.405. The number of amides is 2. The Kier molecular flexibility index (Phi) is 15.3. The summed E-state index contributed by atoms with van der Waals surface area (Å²) in [5.41, 5.74) is 6.30. The van der Waals surface area contributed by atoms with Crippen LogP contribution in [0.5, 0.6) is 11.5 Å². The Bertz CT molecular complexity index is 1810. The standard InChI is InChI=1S/C37H44F4N6O6/c1-21-13-27(23(3)29(14-21)47-35(49)31-16-33(51-5)25(20-45-31)18-43-10-12-53-37(40)41)26-7-6-8-28(22(26)2)46-34(48)30-15-32(50-4)24(19-44-30)17-42-9-11-52-36(38)39/h6-8,13,15-16,19-21,36-37,42-43H,9-12,14,17-18H2,1-5H3,(H,46,48)(H,47,49). The van der Waals surface area contributed by atoms with Gasteiger partial charge in [0.15, 0.2) is 0 Å². The summed E-state index contributed by atoms with van der Waals surface area (Å²) in [6.45, 7) is 0.810. The third-order valence-corrected chi connectivity index (χ3v) is 8.44. The van der Waals surface area contributed by atoms with Crippen LogP contribution in [0.3, 0.4) is 0 Å². The molecule has 2 heterocycles. The Balaban J connectivity index is 1.46. The van der Waals surface area contributed by atoms with Crippen LogP contribution in [0.4, 0.5) is 23.2 Å². The highest BCUT2D eigenvalue weighted by molar-refractivity contribution is 6.04.